The highest BCUT2D eigenvalue weighted by atomic mass is 127. The lowest BCUT2D eigenvalue weighted by Crippen LogP contribution is -2.36. The van der Waals surface area contributed by atoms with E-state index in [0.717, 1.165) is 41.7 Å². The minimum absolute atomic E-state index is 0. The molecule has 0 spiro atoms. The van der Waals surface area contributed by atoms with Crippen LogP contribution in [0.2, 0.25) is 0 Å². The predicted octanol–water partition coefficient (Wildman–Crippen LogP) is 3.51. The van der Waals surface area contributed by atoms with Crippen molar-refractivity contribution >= 4 is 29.9 Å². The van der Waals surface area contributed by atoms with Crippen molar-refractivity contribution in [3.05, 3.63) is 47.3 Å². The Labute approximate surface area is 171 Å². The van der Waals surface area contributed by atoms with Gasteiger partial charge in [0.25, 0.3) is 0 Å². The standard InChI is InChI=1S/C19H26N4O2.HI/c1-3-16-10-17(25-23-16)12-22-19(20-2)21-11-15-6-4-5-7-18(15)24-13-14-8-9-14;/h4-7,10,14H,3,8-9,11-13H2,1-2H3,(H2,20,21,22);1H. The molecule has 1 aliphatic carbocycles. The van der Waals surface area contributed by atoms with Crippen LogP contribution in [-0.4, -0.2) is 24.8 Å². The lowest BCUT2D eigenvalue weighted by molar-refractivity contribution is 0.296. The molecule has 0 saturated heterocycles. The van der Waals surface area contributed by atoms with Crippen molar-refractivity contribution in [1.29, 1.82) is 0 Å². The first-order valence-corrected chi connectivity index (χ1v) is 8.88. The number of hydrogen-bond acceptors (Lipinski definition) is 4. The Bertz CT molecular complexity index is 713. The van der Waals surface area contributed by atoms with Crippen LogP contribution < -0.4 is 15.4 Å². The molecule has 3 rings (SSSR count). The summed E-state index contributed by atoms with van der Waals surface area (Å²) in [6.07, 6.45) is 3.45. The Morgan fingerprint density at radius 1 is 1.27 bits per heavy atom. The van der Waals surface area contributed by atoms with Crippen LogP contribution in [-0.2, 0) is 19.5 Å². The van der Waals surface area contributed by atoms with Crippen molar-refractivity contribution in [2.24, 2.45) is 10.9 Å². The third-order valence-corrected chi connectivity index (χ3v) is 4.21. The number of aromatic nitrogens is 1. The fraction of sp³-hybridized carbons (Fsp3) is 0.474. The van der Waals surface area contributed by atoms with Gasteiger partial charge >= 0.3 is 0 Å². The van der Waals surface area contributed by atoms with Gasteiger partial charge in [0.05, 0.1) is 18.8 Å². The van der Waals surface area contributed by atoms with Crippen molar-refractivity contribution in [2.75, 3.05) is 13.7 Å². The van der Waals surface area contributed by atoms with Crippen molar-refractivity contribution in [2.45, 2.75) is 39.3 Å². The van der Waals surface area contributed by atoms with E-state index < -0.39 is 0 Å². The number of nitrogens with zero attached hydrogens (tertiary/aromatic N) is 2. The molecule has 0 amide bonds. The maximum Gasteiger partial charge on any atom is 0.191 e. The van der Waals surface area contributed by atoms with Crippen LogP contribution in [0.4, 0.5) is 0 Å². The van der Waals surface area contributed by atoms with Crippen molar-refractivity contribution in [1.82, 2.24) is 15.8 Å². The first-order chi connectivity index (χ1) is 12.3. The summed E-state index contributed by atoms with van der Waals surface area (Å²) in [5, 5.41) is 10.5. The van der Waals surface area contributed by atoms with Gasteiger partial charge in [-0.15, -0.1) is 24.0 Å². The van der Waals surface area contributed by atoms with Gasteiger partial charge in [0.2, 0.25) is 0 Å². The van der Waals surface area contributed by atoms with E-state index in [1.165, 1.54) is 12.8 Å². The minimum atomic E-state index is 0. The maximum atomic E-state index is 5.95. The lowest BCUT2D eigenvalue weighted by atomic mass is 10.2. The molecule has 1 heterocycles. The largest absolute Gasteiger partial charge is 0.493 e. The molecule has 6 nitrogen and oxygen atoms in total. The second kappa shape index (κ2) is 10.4. The number of hydrogen-bond donors (Lipinski definition) is 2. The molecule has 0 unspecified atom stereocenters. The Morgan fingerprint density at radius 3 is 2.73 bits per heavy atom. The van der Waals surface area contributed by atoms with E-state index in [2.05, 4.69) is 33.8 Å². The predicted molar refractivity (Wildman–Crippen MR) is 113 cm³/mol. The van der Waals surface area contributed by atoms with Crippen molar-refractivity contribution in [3.63, 3.8) is 0 Å². The fourth-order valence-electron chi connectivity index (χ4n) is 2.46. The molecule has 0 radical (unpaired) electrons. The second-order valence-corrected chi connectivity index (χ2v) is 6.28. The zero-order valence-corrected chi connectivity index (χ0v) is 17.7. The van der Waals surface area contributed by atoms with Gasteiger partial charge in [-0.05, 0) is 31.2 Å². The molecule has 0 atom stereocenters. The first-order valence-electron chi connectivity index (χ1n) is 8.88. The fourth-order valence-corrected chi connectivity index (χ4v) is 2.46. The average Bonchev–Trinajstić information content (AvgIpc) is 3.37. The third-order valence-electron chi connectivity index (χ3n) is 4.21. The molecule has 1 aromatic heterocycles. The number of ether oxygens (including phenoxy) is 1. The van der Waals surface area contributed by atoms with Crippen molar-refractivity contribution in [3.8, 4) is 5.75 Å². The van der Waals surface area contributed by atoms with E-state index >= 15 is 0 Å². The Morgan fingerprint density at radius 2 is 2.04 bits per heavy atom. The SMILES string of the molecule is CCc1cc(CNC(=NC)NCc2ccccc2OCC2CC2)on1.I. The summed E-state index contributed by atoms with van der Waals surface area (Å²) >= 11 is 0. The lowest BCUT2D eigenvalue weighted by Gasteiger charge is -2.14. The van der Waals surface area contributed by atoms with Crippen molar-refractivity contribution < 1.29 is 9.26 Å². The number of para-hydroxylation sites is 1. The number of nitrogens with one attached hydrogen (secondary N) is 2. The van der Waals surface area contributed by atoms with E-state index in [0.29, 0.717) is 19.0 Å². The number of halogens is 1. The summed E-state index contributed by atoms with van der Waals surface area (Å²) < 4.78 is 11.2. The number of guanidine groups is 1. The molecule has 1 aromatic carbocycles. The molecule has 2 N–H and O–H groups in total. The molecule has 26 heavy (non-hydrogen) atoms. The monoisotopic (exact) mass is 470 g/mol. The van der Waals surface area contributed by atoms with Gasteiger partial charge < -0.3 is 19.9 Å². The molecule has 7 heteroatoms. The second-order valence-electron chi connectivity index (χ2n) is 6.28. The summed E-state index contributed by atoms with van der Waals surface area (Å²) in [5.41, 5.74) is 2.08. The number of aryl methyl sites for hydroxylation is 1. The zero-order valence-electron chi connectivity index (χ0n) is 15.3. The van der Waals surface area contributed by atoms with E-state index in [4.69, 9.17) is 9.26 Å². The molecule has 1 aliphatic rings. The molecular weight excluding hydrogens is 443 g/mol. The van der Waals surface area contributed by atoms with Gasteiger partial charge in [0.1, 0.15) is 5.75 Å². The van der Waals surface area contributed by atoms with Crippen LogP contribution in [0, 0.1) is 5.92 Å². The number of benzene rings is 1. The smallest absolute Gasteiger partial charge is 0.191 e. The Balaban J connectivity index is 0.00000243. The number of aliphatic imine (C=N–C) groups is 1. The van der Waals surface area contributed by atoms with Gasteiger partial charge in [-0.2, -0.15) is 0 Å². The maximum absolute atomic E-state index is 5.95. The Hall–Kier alpha value is -1.77. The zero-order chi connectivity index (χ0) is 17.5. The van der Waals surface area contributed by atoms with Crippen LogP contribution in [0.3, 0.4) is 0 Å². The normalized spacial score (nSPS) is 13.8. The molecule has 0 aliphatic heterocycles. The first kappa shape index (κ1) is 20.5. The van der Waals surface area contributed by atoms with E-state index in [1.54, 1.807) is 7.05 Å². The van der Waals surface area contributed by atoms with Crippen LogP contribution >= 0.6 is 24.0 Å². The topological polar surface area (TPSA) is 71.7 Å². The average molecular weight is 470 g/mol. The van der Waals surface area contributed by atoms with E-state index in [-0.39, 0.29) is 24.0 Å². The molecular formula is C19H27IN4O2. The van der Waals surface area contributed by atoms with Gasteiger partial charge in [-0.3, -0.25) is 4.99 Å². The third kappa shape index (κ3) is 6.19. The summed E-state index contributed by atoms with van der Waals surface area (Å²) in [5.74, 6) is 3.20. The van der Waals surface area contributed by atoms with Gasteiger partial charge in [0, 0.05) is 25.2 Å². The van der Waals surface area contributed by atoms with Gasteiger partial charge in [0.15, 0.2) is 11.7 Å². The summed E-state index contributed by atoms with van der Waals surface area (Å²) in [4.78, 5) is 4.25. The number of rotatable bonds is 8. The quantitative estimate of drug-likeness (QED) is 0.351. The van der Waals surface area contributed by atoms with Crippen LogP contribution in [0.5, 0.6) is 5.75 Å². The van der Waals surface area contributed by atoms with Crippen LogP contribution in [0.15, 0.2) is 39.8 Å². The molecule has 1 fully saturated rings. The highest BCUT2D eigenvalue weighted by Gasteiger charge is 2.22. The van der Waals surface area contributed by atoms with E-state index in [9.17, 15) is 0 Å². The molecule has 142 valence electrons. The molecule has 1 saturated carbocycles. The molecule has 0 bridgehead atoms. The highest BCUT2D eigenvalue weighted by Crippen LogP contribution is 2.30. The summed E-state index contributed by atoms with van der Waals surface area (Å²) in [7, 11) is 1.75. The van der Waals surface area contributed by atoms with Crippen LogP contribution in [0.1, 0.15) is 36.8 Å². The minimum Gasteiger partial charge on any atom is -0.493 e. The van der Waals surface area contributed by atoms with Gasteiger partial charge in [-0.25, -0.2) is 0 Å². The van der Waals surface area contributed by atoms with Gasteiger partial charge in [-0.1, -0.05) is 30.3 Å². The summed E-state index contributed by atoms with van der Waals surface area (Å²) in [6, 6.07) is 10.1. The summed E-state index contributed by atoms with van der Waals surface area (Å²) in [6.45, 7) is 4.07. The van der Waals surface area contributed by atoms with E-state index in [1.807, 2.05) is 24.3 Å². The Kier molecular flexibility index (Phi) is 8.21. The highest BCUT2D eigenvalue weighted by molar-refractivity contribution is 14.0. The van der Waals surface area contributed by atoms with Crippen LogP contribution in [0.25, 0.3) is 0 Å². The molecule has 2 aromatic rings.